The van der Waals surface area contributed by atoms with Crippen LogP contribution in [0.15, 0.2) is 41.8 Å². The number of amides is 2. The highest BCUT2D eigenvalue weighted by molar-refractivity contribution is 7.99. The number of hydrogen-bond acceptors (Lipinski definition) is 6. The van der Waals surface area contributed by atoms with Crippen molar-refractivity contribution < 1.29 is 14.3 Å². The third-order valence-electron chi connectivity index (χ3n) is 5.69. The number of aromatic nitrogens is 2. The van der Waals surface area contributed by atoms with E-state index in [0.717, 1.165) is 44.2 Å². The fourth-order valence-electron chi connectivity index (χ4n) is 3.97. The van der Waals surface area contributed by atoms with Crippen molar-refractivity contribution in [2.45, 2.75) is 24.1 Å². The van der Waals surface area contributed by atoms with Crippen molar-refractivity contribution >= 4 is 29.3 Å². The molecule has 2 aromatic rings. The molecule has 2 saturated heterocycles. The minimum absolute atomic E-state index is 0.0376. The van der Waals surface area contributed by atoms with Gasteiger partial charge in [0.05, 0.1) is 23.1 Å². The van der Waals surface area contributed by atoms with Gasteiger partial charge >= 0.3 is 0 Å². The number of hydrogen-bond donors (Lipinski definition) is 1. The smallest absolute Gasteiger partial charge is 0.256 e. The second-order valence-electron chi connectivity index (χ2n) is 7.93. The number of para-hydroxylation sites is 1. The largest absolute Gasteiger partial charge is 0.377 e. The predicted molar refractivity (Wildman–Crippen MR) is 120 cm³/mol. The van der Waals surface area contributed by atoms with Crippen molar-refractivity contribution in [2.24, 2.45) is 7.05 Å². The number of piperazine rings is 1. The zero-order valence-electron chi connectivity index (χ0n) is 17.8. The summed E-state index contributed by atoms with van der Waals surface area (Å²) in [5.74, 6) is 0.0361. The number of rotatable bonds is 7. The maximum Gasteiger partial charge on any atom is 0.256 e. The van der Waals surface area contributed by atoms with Crippen LogP contribution >= 0.6 is 11.8 Å². The maximum atomic E-state index is 13.2. The topological polar surface area (TPSA) is 79.7 Å². The van der Waals surface area contributed by atoms with Crippen molar-refractivity contribution in [3.05, 3.63) is 42.2 Å². The van der Waals surface area contributed by atoms with Gasteiger partial charge in [-0.25, -0.2) is 4.98 Å². The fourth-order valence-corrected chi connectivity index (χ4v) is 4.70. The molecular formula is C22H29N5O3S. The molecule has 0 spiro atoms. The summed E-state index contributed by atoms with van der Waals surface area (Å²) < 4.78 is 7.60. The van der Waals surface area contributed by atoms with Crippen molar-refractivity contribution in [3.63, 3.8) is 0 Å². The summed E-state index contributed by atoms with van der Waals surface area (Å²) >= 11 is 1.37. The summed E-state index contributed by atoms with van der Waals surface area (Å²) in [6, 6.07) is 7.23. The van der Waals surface area contributed by atoms with E-state index in [-0.39, 0.29) is 17.6 Å². The van der Waals surface area contributed by atoms with E-state index in [4.69, 9.17) is 4.74 Å². The molecule has 1 N–H and O–H groups in total. The second-order valence-corrected chi connectivity index (χ2v) is 8.87. The number of benzene rings is 1. The number of aryl methyl sites for hydroxylation is 1. The summed E-state index contributed by atoms with van der Waals surface area (Å²) in [5.41, 5.74) is 1.09. The average Bonchev–Trinajstić information content (AvgIpc) is 3.44. The van der Waals surface area contributed by atoms with E-state index in [9.17, 15) is 9.59 Å². The van der Waals surface area contributed by atoms with Crippen LogP contribution in [-0.4, -0.2) is 82.4 Å². The molecule has 2 aliphatic heterocycles. The molecule has 3 heterocycles. The molecule has 2 amide bonds. The molecule has 0 saturated carbocycles. The highest BCUT2D eigenvalue weighted by Crippen LogP contribution is 2.21. The number of nitrogens with one attached hydrogen (secondary N) is 1. The lowest BCUT2D eigenvalue weighted by atomic mass is 10.1. The van der Waals surface area contributed by atoms with Crippen LogP contribution in [0.25, 0.3) is 0 Å². The fraction of sp³-hybridized carbons (Fsp3) is 0.500. The van der Waals surface area contributed by atoms with Crippen LogP contribution in [0.5, 0.6) is 0 Å². The van der Waals surface area contributed by atoms with Crippen molar-refractivity contribution in [3.8, 4) is 0 Å². The van der Waals surface area contributed by atoms with Gasteiger partial charge in [-0.3, -0.25) is 14.5 Å². The first-order valence-electron chi connectivity index (χ1n) is 10.7. The molecule has 1 aromatic carbocycles. The SMILES string of the molecule is Cn1ccnc1SCC(=O)Nc1ccccc1C(=O)N1CCN(C[C@@H]2CCCO2)CC1. The number of nitrogens with zero attached hydrogens (tertiary/aromatic N) is 4. The van der Waals surface area contributed by atoms with E-state index in [1.165, 1.54) is 11.8 Å². The summed E-state index contributed by atoms with van der Waals surface area (Å²) in [6.45, 7) is 4.88. The highest BCUT2D eigenvalue weighted by atomic mass is 32.2. The van der Waals surface area contributed by atoms with Crippen molar-refractivity contribution in [1.82, 2.24) is 19.4 Å². The van der Waals surface area contributed by atoms with Gasteiger partial charge in [0.15, 0.2) is 5.16 Å². The van der Waals surface area contributed by atoms with Crippen molar-refractivity contribution in [2.75, 3.05) is 50.4 Å². The molecule has 2 fully saturated rings. The molecule has 2 aliphatic rings. The van der Waals surface area contributed by atoms with E-state index >= 15 is 0 Å². The van der Waals surface area contributed by atoms with Crippen LogP contribution in [-0.2, 0) is 16.6 Å². The lowest BCUT2D eigenvalue weighted by Gasteiger charge is -2.36. The summed E-state index contributed by atoms with van der Waals surface area (Å²) in [7, 11) is 1.89. The van der Waals surface area contributed by atoms with Gasteiger partial charge in [-0.1, -0.05) is 23.9 Å². The van der Waals surface area contributed by atoms with Gasteiger partial charge in [0.1, 0.15) is 0 Å². The van der Waals surface area contributed by atoms with Crippen LogP contribution in [0, 0.1) is 0 Å². The van der Waals surface area contributed by atoms with Crippen LogP contribution in [0.3, 0.4) is 0 Å². The predicted octanol–water partition coefficient (Wildman–Crippen LogP) is 2.09. The Morgan fingerprint density at radius 1 is 1.23 bits per heavy atom. The van der Waals surface area contributed by atoms with Gasteiger partial charge in [0, 0.05) is 58.8 Å². The monoisotopic (exact) mass is 443 g/mol. The number of carbonyl (C=O) groups is 2. The number of imidazole rings is 1. The molecule has 1 atom stereocenters. The second kappa shape index (κ2) is 10.3. The molecule has 166 valence electrons. The molecule has 9 heteroatoms. The van der Waals surface area contributed by atoms with E-state index in [1.54, 1.807) is 18.3 Å². The summed E-state index contributed by atoms with van der Waals surface area (Å²) in [6.07, 6.45) is 6.15. The Labute approximate surface area is 186 Å². The summed E-state index contributed by atoms with van der Waals surface area (Å²) in [5, 5.41) is 3.68. The minimum Gasteiger partial charge on any atom is -0.377 e. The van der Waals surface area contributed by atoms with Crippen LogP contribution in [0.1, 0.15) is 23.2 Å². The van der Waals surface area contributed by atoms with Gasteiger partial charge < -0.3 is 19.5 Å². The van der Waals surface area contributed by atoms with Crippen LogP contribution in [0.4, 0.5) is 5.69 Å². The van der Waals surface area contributed by atoms with Crippen molar-refractivity contribution in [1.29, 1.82) is 0 Å². The quantitative estimate of drug-likeness (QED) is 0.660. The Morgan fingerprint density at radius 2 is 2.03 bits per heavy atom. The first-order chi connectivity index (χ1) is 15.1. The molecule has 0 aliphatic carbocycles. The number of ether oxygens (including phenoxy) is 1. The zero-order valence-corrected chi connectivity index (χ0v) is 18.6. The molecule has 31 heavy (non-hydrogen) atoms. The Bertz CT molecular complexity index is 904. The van der Waals surface area contributed by atoms with Gasteiger partial charge in [-0.05, 0) is 25.0 Å². The van der Waals surface area contributed by atoms with Gasteiger partial charge in [0.25, 0.3) is 5.91 Å². The molecular weight excluding hydrogens is 414 g/mol. The number of anilines is 1. The zero-order chi connectivity index (χ0) is 21.6. The number of carbonyl (C=O) groups excluding carboxylic acids is 2. The molecule has 0 unspecified atom stereocenters. The Kier molecular flexibility index (Phi) is 7.26. The molecule has 0 bridgehead atoms. The van der Waals surface area contributed by atoms with Gasteiger partial charge in [-0.2, -0.15) is 0 Å². The molecule has 8 nitrogen and oxygen atoms in total. The lowest BCUT2D eigenvalue weighted by molar-refractivity contribution is -0.113. The third kappa shape index (κ3) is 5.66. The standard InChI is InChI=1S/C22H29N5O3S/c1-25-9-8-23-22(25)31-16-20(28)24-19-7-3-2-6-18(19)21(29)27-12-10-26(11-13-27)15-17-5-4-14-30-17/h2-3,6-9,17H,4-5,10-16H2,1H3,(H,24,28)/t17-/m0/s1. The van der Waals surface area contributed by atoms with Crippen LogP contribution < -0.4 is 5.32 Å². The Hall–Kier alpha value is -2.36. The average molecular weight is 444 g/mol. The van der Waals surface area contributed by atoms with Gasteiger partial charge in [0.2, 0.25) is 5.91 Å². The van der Waals surface area contributed by atoms with Gasteiger partial charge in [-0.15, -0.1) is 0 Å². The Morgan fingerprint density at radius 3 is 2.74 bits per heavy atom. The van der Waals surface area contributed by atoms with E-state index in [2.05, 4.69) is 15.2 Å². The first-order valence-corrected chi connectivity index (χ1v) is 11.7. The third-order valence-corrected chi connectivity index (χ3v) is 6.74. The Balaban J connectivity index is 1.31. The van der Waals surface area contributed by atoms with Crippen LogP contribution in [0.2, 0.25) is 0 Å². The van der Waals surface area contributed by atoms with E-state index < -0.39 is 0 Å². The maximum absolute atomic E-state index is 13.2. The highest BCUT2D eigenvalue weighted by Gasteiger charge is 2.26. The first kappa shape index (κ1) is 21.9. The minimum atomic E-state index is -0.158. The molecule has 1 aromatic heterocycles. The lowest BCUT2D eigenvalue weighted by Crippen LogP contribution is -2.50. The summed E-state index contributed by atoms with van der Waals surface area (Å²) in [4.78, 5) is 34.1. The van der Waals surface area contributed by atoms with E-state index in [1.807, 2.05) is 34.8 Å². The molecule has 4 rings (SSSR count). The normalized spacial score (nSPS) is 19.5. The molecule has 0 radical (unpaired) electrons. The number of thioether (sulfide) groups is 1. The van der Waals surface area contributed by atoms with E-state index in [0.29, 0.717) is 30.4 Å².